The minimum Gasteiger partial charge on any atom is -0.388 e. The first-order valence-electron chi connectivity index (χ1n) is 6.29. The molecule has 3 nitrogen and oxygen atoms in total. The molecule has 2 aromatic rings. The Morgan fingerprint density at radius 2 is 2.05 bits per heavy atom. The van der Waals surface area contributed by atoms with Crippen LogP contribution in [0.15, 0.2) is 30.6 Å². The molecule has 0 saturated carbocycles. The molecule has 0 aliphatic heterocycles. The van der Waals surface area contributed by atoms with Crippen molar-refractivity contribution in [2.45, 2.75) is 25.1 Å². The lowest BCUT2D eigenvalue weighted by molar-refractivity contribution is -0.139. The van der Waals surface area contributed by atoms with Gasteiger partial charge < -0.3 is 5.11 Å². The number of rotatable bonds is 4. The van der Waals surface area contributed by atoms with Crippen LogP contribution in [0.3, 0.4) is 0 Å². The summed E-state index contributed by atoms with van der Waals surface area (Å²) in [5, 5.41) is 13.9. The highest BCUT2D eigenvalue weighted by Gasteiger charge is 2.35. The molecular weight excluding hydrogens is 288 g/mol. The number of halogens is 4. The zero-order valence-corrected chi connectivity index (χ0v) is 11.2. The Hall–Kier alpha value is -1.89. The molecular formula is C14H14F4N2O. The van der Waals surface area contributed by atoms with E-state index in [4.69, 9.17) is 0 Å². The van der Waals surface area contributed by atoms with E-state index in [2.05, 4.69) is 5.10 Å². The van der Waals surface area contributed by atoms with E-state index in [9.17, 15) is 22.7 Å². The number of aliphatic hydroxyl groups is 1. The van der Waals surface area contributed by atoms with Crippen LogP contribution in [-0.2, 0) is 19.6 Å². The minimum absolute atomic E-state index is 0.0976. The second-order valence-electron chi connectivity index (χ2n) is 4.81. The SMILES string of the molecule is Cn1cc(CCC(O)c2ccc(F)cc2C(F)(F)F)cn1. The van der Waals surface area contributed by atoms with Gasteiger partial charge in [-0.25, -0.2) is 4.39 Å². The van der Waals surface area contributed by atoms with Gasteiger partial charge in [-0.2, -0.15) is 18.3 Å². The van der Waals surface area contributed by atoms with Crippen LogP contribution in [0.1, 0.15) is 29.2 Å². The molecule has 0 aliphatic carbocycles. The number of hydrogen-bond acceptors (Lipinski definition) is 2. The standard InChI is InChI=1S/C14H14F4N2O/c1-20-8-9(7-19-20)2-5-13(21)11-4-3-10(15)6-12(11)14(16,17)18/h3-4,6-8,13,21H,2,5H2,1H3. The first-order valence-corrected chi connectivity index (χ1v) is 6.29. The van der Waals surface area contributed by atoms with Crippen LogP contribution < -0.4 is 0 Å². The van der Waals surface area contributed by atoms with E-state index < -0.39 is 23.7 Å². The summed E-state index contributed by atoms with van der Waals surface area (Å²) in [4.78, 5) is 0. The van der Waals surface area contributed by atoms with E-state index in [0.717, 1.165) is 17.7 Å². The Morgan fingerprint density at radius 1 is 1.33 bits per heavy atom. The van der Waals surface area contributed by atoms with E-state index in [1.54, 1.807) is 24.1 Å². The Labute approximate surface area is 118 Å². The van der Waals surface area contributed by atoms with Crippen molar-refractivity contribution < 1.29 is 22.7 Å². The van der Waals surface area contributed by atoms with E-state index in [-0.39, 0.29) is 12.0 Å². The Balaban J connectivity index is 2.17. The average Bonchev–Trinajstić information content (AvgIpc) is 2.81. The van der Waals surface area contributed by atoms with Gasteiger partial charge in [-0.05, 0) is 36.1 Å². The van der Waals surface area contributed by atoms with Crippen LogP contribution in [0.25, 0.3) is 0 Å². The summed E-state index contributed by atoms with van der Waals surface area (Å²) in [6.07, 6.45) is -2.23. The number of benzene rings is 1. The van der Waals surface area contributed by atoms with Gasteiger partial charge in [-0.3, -0.25) is 4.68 Å². The summed E-state index contributed by atoms with van der Waals surface area (Å²) in [7, 11) is 1.72. The quantitative estimate of drug-likeness (QED) is 0.881. The number of aromatic nitrogens is 2. The molecule has 1 heterocycles. The molecule has 0 bridgehead atoms. The third kappa shape index (κ3) is 3.81. The molecule has 1 unspecified atom stereocenters. The highest BCUT2D eigenvalue weighted by atomic mass is 19.4. The fourth-order valence-corrected chi connectivity index (χ4v) is 2.12. The Kier molecular flexibility index (Phi) is 4.32. The molecule has 0 radical (unpaired) electrons. The summed E-state index contributed by atoms with van der Waals surface area (Å²) >= 11 is 0. The lowest BCUT2D eigenvalue weighted by Crippen LogP contribution is -2.13. The maximum Gasteiger partial charge on any atom is 0.416 e. The first-order chi connectivity index (χ1) is 9.77. The third-order valence-electron chi connectivity index (χ3n) is 3.14. The molecule has 114 valence electrons. The number of aryl methyl sites for hydroxylation is 2. The van der Waals surface area contributed by atoms with Crippen molar-refractivity contribution in [3.8, 4) is 0 Å². The van der Waals surface area contributed by atoms with Crippen LogP contribution >= 0.6 is 0 Å². The monoisotopic (exact) mass is 302 g/mol. The molecule has 0 fully saturated rings. The van der Waals surface area contributed by atoms with Crippen LogP contribution in [0.2, 0.25) is 0 Å². The molecule has 1 N–H and O–H groups in total. The zero-order chi connectivity index (χ0) is 15.6. The van der Waals surface area contributed by atoms with E-state index in [0.29, 0.717) is 12.5 Å². The highest BCUT2D eigenvalue weighted by Crippen LogP contribution is 2.36. The maximum atomic E-state index is 13.0. The van der Waals surface area contributed by atoms with Gasteiger partial charge >= 0.3 is 6.18 Å². The van der Waals surface area contributed by atoms with Crippen LogP contribution in [0.4, 0.5) is 17.6 Å². The lowest BCUT2D eigenvalue weighted by Gasteiger charge is -2.17. The van der Waals surface area contributed by atoms with E-state index in [1.165, 1.54) is 0 Å². The van der Waals surface area contributed by atoms with Gasteiger partial charge in [0.1, 0.15) is 5.82 Å². The normalized spacial score (nSPS) is 13.4. The maximum absolute atomic E-state index is 13.0. The summed E-state index contributed by atoms with van der Waals surface area (Å²) in [5.41, 5.74) is -0.638. The van der Waals surface area contributed by atoms with Gasteiger partial charge in [0.05, 0.1) is 17.9 Å². The van der Waals surface area contributed by atoms with Gasteiger partial charge in [0.25, 0.3) is 0 Å². The van der Waals surface area contributed by atoms with Crippen LogP contribution in [0, 0.1) is 5.82 Å². The number of alkyl halides is 3. The summed E-state index contributed by atoms with van der Waals surface area (Å²) in [6, 6.07) is 2.30. The van der Waals surface area contributed by atoms with Crippen molar-refractivity contribution in [2.75, 3.05) is 0 Å². The minimum atomic E-state index is -4.70. The van der Waals surface area contributed by atoms with Crippen molar-refractivity contribution in [3.63, 3.8) is 0 Å². The fraction of sp³-hybridized carbons (Fsp3) is 0.357. The summed E-state index contributed by atoms with van der Waals surface area (Å²) in [5.74, 6) is -0.981. The van der Waals surface area contributed by atoms with Crippen molar-refractivity contribution in [3.05, 3.63) is 53.1 Å². The van der Waals surface area contributed by atoms with Gasteiger partial charge in [-0.15, -0.1) is 0 Å². The zero-order valence-electron chi connectivity index (χ0n) is 11.2. The van der Waals surface area contributed by atoms with Gasteiger partial charge in [-0.1, -0.05) is 6.07 Å². The topological polar surface area (TPSA) is 38.0 Å². The van der Waals surface area contributed by atoms with Gasteiger partial charge in [0, 0.05) is 13.2 Å². The molecule has 1 aromatic carbocycles. The van der Waals surface area contributed by atoms with Crippen LogP contribution in [0.5, 0.6) is 0 Å². The predicted octanol–water partition coefficient (Wildman–Crippen LogP) is 3.24. The smallest absolute Gasteiger partial charge is 0.388 e. The van der Waals surface area contributed by atoms with Crippen molar-refractivity contribution in [2.24, 2.45) is 7.05 Å². The second kappa shape index (κ2) is 5.85. The van der Waals surface area contributed by atoms with Crippen molar-refractivity contribution in [1.82, 2.24) is 9.78 Å². The molecule has 21 heavy (non-hydrogen) atoms. The molecule has 0 amide bonds. The summed E-state index contributed by atoms with van der Waals surface area (Å²) < 4.78 is 53.2. The van der Waals surface area contributed by atoms with Crippen LogP contribution in [-0.4, -0.2) is 14.9 Å². The predicted molar refractivity (Wildman–Crippen MR) is 67.9 cm³/mol. The lowest BCUT2D eigenvalue weighted by atomic mass is 9.97. The molecule has 7 heteroatoms. The molecule has 1 atom stereocenters. The van der Waals surface area contributed by atoms with E-state index >= 15 is 0 Å². The molecule has 0 aliphatic rings. The second-order valence-corrected chi connectivity index (χ2v) is 4.81. The molecule has 0 spiro atoms. The third-order valence-corrected chi connectivity index (χ3v) is 3.14. The largest absolute Gasteiger partial charge is 0.416 e. The summed E-state index contributed by atoms with van der Waals surface area (Å²) in [6.45, 7) is 0. The molecule has 2 rings (SSSR count). The molecule has 0 saturated heterocycles. The fourth-order valence-electron chi connectivity index (χ4n) is 2.12. The first kappa shape index (κ1) is 15.5. The van der Waals surface area contributed by atoms with Gasteiger partial charge in [0.2, 0.25) is 0 Å². The molecule has 1 aromatic heterocycles. The Bertz CT molecular complexity index is 622. The van der Waals surface area contributed by atoms with E-state index in [1.807, 2.05) is 0 Å². The Morgan fingerprint density at radius 3 is 2.62 bits per heavy atom. The number of aliphatic hydroxyl groups excluding tert-OH is 1. The van der Waals surface area contributed by atoms with Crippen molar-refractivity contribution in [1.29, 1.82) is 0 Å². The highest BCUT2D eigenvalue weighted by molar-refractivity contribution is 5.32. The number of nitrogens with zero attached hydrogens (tertiary/aromatic N) is 2. The van der Waals surface area contributed by atoms with Crippen molar-refractivity contribution >= 4 is 0 Å². The number of hydrogen-bond donors (Lipinski definition) is 1. The van der Waals surface area contributed by atoms with Gasteiger partial charge in [0.15, 0.2) is 0 Å². The average molecular weight is 302 g/mol.